The molecule has 8 heteroatoms. The van der Waals surface area contributed by atoms with Crippen LogP contribution in [0.1, 0.15) is 5.69 Å². The van der Waals surface area contributed by atoms with Crippen LogP contribution in [0.25, 0.3) is 0 Å². The lowest BCUT2D eigenvalue weighted by molar-refractivity contribution is -0.327. The van der Waals surface area contributed by atoms with E-state index < -0.39 is 17.2 Å². The number of aliphatic carboxylic acids is 1. The summed E-state index contributed by atoms with van der Waals surface area (Å²) in [6.07, 6.45) is 2.00. The number of hydroxylamine groups is 2. The zero-order valence-electron chi connectivity index (χ0n) is 6.98. The minimum absolute atomic E-state index is 0.226. The molecule has 4 N–H and O–H groups in total. The molecule has 0 bridgehead atoms. The van der Waals surface area contributed by atoms with Crippen LogP contribution in [0.15, 0.2) is 12.5 Å². The fourth-order valence-electron chi connectivity index (χ4n) is 0.924. The maximum Gasteiger partial charge on any atom is 0.326 e. The predicted octanol–water partition coefficient (Wildman–Crippen LogP) is -0.803. The minimum atomic E-state index is -1.51. The predicted molar refractivity (Wildman–Crippen MR) is 40.0 cm³/mol. The largest absolute Gasteiger partial charge is 0.480 e. The number of carbonyl (C=O) groups is 1. The third-order valence-electron chi connectivity index (χ3n) is 1.59. The van der Waals surface area contributed by atoms with Crippen molar-refractivity contribution >= 4 is 5.97 Å². The van der Waals surface area contributed by atoms with Gasteiger partial charge < -0.3 is 10.3 Å². The Balaban J connectivity index is 2.69. The summed E-state index contributed by atoms with van der Waals surface area (Å²) < 4.78 is 0.646. The van der Waals surface area contributed by atoms with Crippen molar-refractivity contribution in [3.8, 4) is 0 Å². The quantitative estimate of drug-likeness (QED) is 0.373. The molecular weight excluding hydrogens is 194 g/mol. The van der Waals surface area contributed by atoms with Crippen molar-refractivity contribution in [1.82, 2.24) is 14.9 Å². The molecule has 1 aromatic rings. The van der Waals surface area contributed by atoms with E-state index in [4.69, 9.17) is 20.7 Å². The van der Waals surface area contributed by atoms with E-state index in [1.165, 1.54) is 6.20 Å². The van der Waals surface area contributed by atoms with E-state index in [1.54, 1.807) is 0 Å². The SMILES string of the molecule is O=C(O)C(Cc1cn(O)cn1)N(O)O. The first-order valence-electron chi connectivity index (χ1n) is 3.62. The highest BCUT2D eigenvalue weighted by Gasteiger charge is 2.24. The first kappa shape index (κ1) is 10.4. The molecule has 0 amide bonds. The summed E-state index contributed by atoms with van der Waals surface area (Å²) in [5.74, 6) is -1.40. The fourth-order valence-corrected chi connectivity index (χ4v) is 0.924. The lowest BCUT2D eigenvalue weighted by Crippen LogP contribution is -2.38. The number of carboxylic acid groups (broad SMARTS) is 1. The number of rotatable bonds is 4. The van der Waals surface area contributed by atoms with Crippen LogP contribution < -0.4 is 0 Å². The van der Waals surface area contributed by atoms with Crippen LogP contribution in [0.3, 0.4) is 0 Å². The minimum Gasteiger partial charge on any atom is -0.480 e. The van der Waals surface area contributed by atoms with Crippen molar-refractivity contribution in [2.75, 3.05) is 0 Å². The van der Waals surface area contributed by atoms with Gasteiger partial charge in [0.1, 0.15) is 6.33 Å². The van der Waals surface area contributed by atoms with Gasteiger partial charge in [-0.3, -0.25) is 15.2 Å². The molecule has 1 aromatic heterocycles. The van der Waals surface area contributed by atoms with E-state index in [9.17, 15) is 4.79 Å². The van der Waals surface area contributed by atoms with Crippen LogP contribution in [0.5, 0.6) is 0 Å². The average Bonchev–Trinajstić information content (AvgIpc) is 2.46. The number of hydrogen-bond acceptors (Lipinski definition) is 6. The molecule has 0 aliphatic heterocycles. The molecule has 0 aliphatic rings. The molecule has 1 rings (SSSR count). The third kappa shape index (κ3) is 2.42. The van der Waals surface area contributed by atoms with Gasteiger partial charge in [0.05, 0.1) is 11.9 Å². The summed E-state index contributed by atoms with van der Waals surface area (Å²) in [5, 5.41) is 34.1. The van der Waals surface area contributed by atoms with Crippen LogP contribution >= 0.6 is 0 Å². The molecule has 1 heterocycles. The van der Waals surface area contributed by atoms with Crippen LogP contribution in [0.4, 0.5) is 0 Å². The van der Waals surface area contributed by atoms with Crippen LogP contribution in [0.2, 0.25) is 0 Å². The molecule has 0 saturated heterocycles. The second-order valence-electron chi connectivity index (χ2n) is 2.62. The number of aromatic nitrogens is 2. The van der Waals surface area contributed by atoms with Crippen molar-refractivity contribution in [1.29, 1.82) is 0 Å². The summed E-state index contributed by atoms with van der Waals surface area (Å²) in [5.41, 5.74) is 0.230. The molecule has 0 aliphatic carbocycles. The molecule has 0 spiro atoms. The first-order valence-corrected chi connectivity index (χ1v) is 3.62. The highest BCUT2D eigenvalue weighted by molar-refractivity contribution is 5.73. The Morgan fingerprint density at radius 2 is 2.29 bits per heavy atom. The fraction of sp³-hybridized carbons (Fsp3) is 0.333. The van der Waals surface area contributed by atoms with Gasteiger partial charge >= 0.3 is 5.97 Å². The van der Waals surface area contributed by atoms with E-state index in [-0.39, 0.29) is 12.1 Å². The van der Waals surface area contributed by atoms with Crippen molar-refractivity contribution in [3.63, 3.8) is 0 Å². The standard InChI is InChI=1S/C6H9N3O5/c10-6(11)5(9(13)14)1-4-2-8(12)3-7-4/h2-3,5,12-14H,1H2,(H,10,11). The molecule has 8 nitrogen and oxygen atoms in total. The Morgan fingerprint density at radius 3 is 2.64 bits per heavy atom. The van der Waals surface area contributed by atoms with Crippen molar-refractivity contribution in [2.45, 2.75) is 12.5 Å². The lowest BCUT2D eigenvalue weighted by atomic mass is 10.2. The van der Waals surface area contributed by atoms with Crippen LogP contribution in [0, 0.1) is 0 Å². The van der Waals surface area contributed by atoms with E-state index >= 15 is 0 Å². The number of carboxylic acids is 1. The summed E-state index contributed by atoms with van der Waals surface area (Å²) >= 11 is 0. The van der Waals surface area contributed by atoms with E-state index in [0.29, 0.717) is 4.73 Å². The number of hydrogen-bond donors (Lipinski definition) is 4. The summed E-state index contributed by atoms with van der Waals surface area (Å²) in [7, 11) is 0. The van der Waals surface area contributed by atoms with Gasteiger partial charge in [-0.05, 0) is 0 Å². The highest BCUT2D eigenvalue weighted by Crippen LogP contribution is 2.03. The summed E-state index contributed by atoms with van der Waals surface area (Å²) in [4.78, 5) is 14.1. The third-order valence-corrected chi connectivity index (χ3v) is 1.59. The Morgan fingerprint density at radius 1 is 1.64 bits per heavy atom. The maximum atomic E-state index is 10.5. The lowest BCUT2D eigenvalue weighted by Gasteiger charge is -2.14. The normalized spacial score (nSPS) is 13.1. The average molecular weight is 203 g/mol. The zero-order valence-corrected chi connectivity index (χ0v) is 6.98. The van der Waals surface area contributed by atoms with Crippen molar-refractivity contribution in [3.05, 3.63) is 18.2 Å². The van der Waals surface area contributed by atoms with Crippen molar-refractivity contribution < 1.29 is 25.5 Å². The van der Waals surface area contributed by atoms with E-state index in [1.807, 2.05) is 0 Å². The molecule has 0 saturated carbocycles. The molecule has 1 atom stereocenters. The van der Waals surface area contributed by atoms with E-state index in [2.05, 4.69) is 4.98 Å². The monoisotopic (exact) mass is 203 g/mol. The molecule has 0 radical (unpaired) electrons. The number of imidazole rings is 1. The summed E-state index contributed by atoms with van der Waals surface area (Å²) in [6.45, 7) is 0. The van der Waals surface area contributed by atoms with Gasteiger partial charge in [-0.15, -0.1) is 0 Å². The second-order valence-corrected chi connectivity index (χ2v) is 2.62. The molecule has 1 unspecified atom stereocenters. The van der Waals surface area contributed by atoms with Gasteiger partial charge in [0, 0.05) is 6.42 Å². The Kier molecular flexibility index (Phi) is 3.02. The molecule has 0 fully saturated rings. The molecule has 78 valence electrons. The van der Waals surface area contributed by atoms with Crippen LogP contribution in [-0.2, 0) is 11.2 Å². The van der Waals surface area contributed by atoms with E-state index in [0.717, 1.165) is 6.33 Å². The van der Waals surface area contributed by atoms with Crippen molar-refractivity contribution in [2.24, 2.45) is 0 Å². The van der Waals surface area contributed by atoms with Crippen LogP contribution in [-0.4, -0.2) is 47.7 Å². The van der Waals surface area contributed by atoms with Gasteiger partial charge in [0.25, 0.3) is 0 Å². The smallest absolute Gasteiger partial charge is 0.326 e. The Hall–Kier alpha value is -1.64. The highest BCUT2D eigenvalue weighted by atomic mass is 16.8. The molecule has 14 heavy (non-hydrogen) atoms. The van der Waals surface area contributed by atoms with Gasteiger partial charge in [0.2, 0.25) is 0 Å². The topological polar surface area (TPSA) is 119 Å². The molecular formula is C6H9N3O5. The maximum absolute atomic E-state index is 10.5. The Labute approximate surface area is 78.1 Å². The summed E-state index contributed by atoms with van der Waals surface area (Å²) in [6, 6.07) is -1.51. The Bertz CT molecular complexity index is 323. The number of nitrogens with zero attached hydrogens (tertiary/aromatic N) is 3. The van der Waals surface area contributed by atoms with Gasteiger partial charge in [-0.1, -0.05) is 5.23 Å². The first-order chi connectivity index (χ1) is 6.50. The van der Waals surface area contributed by atoms with Gasteiger partial charge in [-0.2, -0.15) is 4.73 Å². The second kappa shape index (κ2) is 4.05. The zero-order chi connectivity index (χ0) is 10.7. The molecule has 0 aromatic carbocycles. The van der Waals surface area contributed by atoms with Gasteiger partial charge in [0.15, 0.2) is 6.04 Å². The van der Waals surface area contributed by atoms with Gasteiger partial charge in [-0.25, -0.2) is 4.98 Å².